The van der Waals surface area contributed by atoms with Crippen LogP contribution in [0.4, 0.5) is 0 Å². The van der Waals surface area contributed by atoms with E-state index in [0.717, 1.165) is 17.9 Å². The van der Waals surface area contributed by atoms with Crippen LogP contribution in [0.2, 0.25) is 0 Å². The zero-order chi connectivity index (χ0) is 17.4. The number of aliphatic hydroxyl groups excluding tert-OH is 2. The number of aliphatic hydroxyl groups is 2. The number of aromatic nitrogens is 2. The number of ether oxygens (including phenoxy) is 2. The van der Waals surface area contributed by atoms with Gasteiger partial charge in [-0.1, -0.05) is 0 Å². The summed E-state index contributed by atoms with van der Waals surface area (Å²) < 4.78 is 26.4. The summed E-state index contributed by atoms with van der Waals surface area (Å²) in [5, 5.41) is 19.8. The molecule has 1 aromatic heterocycles. The molecule has 0 spiro atoms. The number of H-pyrrole nitrogens is 1. The van der Waals surface area contributed by atoms with Gasteiger partial charge in [-0.15, -0.1) is 0 Å². The van der Waals surface area contributed by atoms with Crippen LogP contribution in [0.15, 0.2) is 15.8 Å². The number of aromatic amines is 1. The second-order valence-corrected chi connectivity index (χ2v) is 6.79. The number of hydrogen-bond acceptors (Lipinski definition) is 9. The van der Waals surface area contributed by atoms with Crippen LogP contribution >= 0.6 is 7.60 Å². The van der Waals surface area contributed by atoms with Gasteiger partial charge in [-0.05, 0) is 6.92 Å². The number of aryl methyl sites for hydroxylation is 1. The molecule has 0 radical (unpaired) electrons. The minimum Gasteiger partial charge on any atom is -0.777 e. The molecule has 1 fully saturated rings. The maximum Gasteiger partial charge on any atom is 1.00 e. The fraction of sp³-hybridized carbons (Fsp3) is 0.636. The molecule has 1 aliphatic heterocycles. The van der Waals surface area contributed by atoms with Crippen LogP contribution in [0.5, 0.6) is 0 Å². The molecule has 0 amide bonds. The van der Waals surface area contributed by atoms with Crippen LogP contribution < -0.4 is 45.7 Å². The van der Waals surface area contributed by atoms with Gasteiger partial charge in [-0.25, -0.2) is 4.79 Å². The van der Waals surface area contributed by atoms with Crippen molar-refractivity contribution in [2.75, 3.05) is 13.5 Å². The maximum atomic E-state index is 11.8. The molecule has 130 valence electrons. The Morgan fingerprint density at radius 1 is 1.42 bits per heavy atom. The summed E-state index contributed by atoms with van der Waals surface area (Å²) >= 11 is 0. The monoisotopic (exact) mass is 374 g/mol. The van der Waals surface area contributed by atoms with E-state index >= 15 is 0 Å². The molecule has 1 saturated heterocycles. The third kappa shape index (κ3) is 4.64. The number of hydrogen-bond donors (Lipinski definition) is 3. The first kappa shape index (κ1) is 21.7. The van der Waals surface area contributed by atoms with Crippen molar-refractivity contribution < 1.29 is 63.2 Å². The van der Waals surface area contributed by atoms with Gasteiger partial charge in [0.2, 0.25) is 0 Å². The quantitative estimate of drug-likeness (QED) is 0.337. The summed E-state index contributed by atoms with van der Waals surface area (Å²) in [6.45, 7) is 1.44. The summed E-state index contributed by atoms with van der Waals surface area (Å²) in [7, 11) is -3.30. The van der Waals surface area contributed by atoms with Gasteiger partial charge in [0.25, 0.3) is 5.56 Å². The summed E-state index contributed by atoms with van der Waals surface area (Å²) in [6, 6.07) is 0. The van der Waals surface area contributed by atoms with Crippen LogP contribution in [-0.2, 0) is 18.6 Å². The third-order valence-corrected chi connectivity index (χ3v) is 4.31. The first-order valence-electron chi connectivity index (χ1n) is 6.47. The SMILES string of the molecule is COP(=O)([O-])COC1O[C@@H](n2cc(C)c(=O)[nH]c2=O)[C@H](O)[C@@H]1O.[Na+]. The second-order valence-electron chi connectivity index (χ2n) is 4.94. The van der Waals surface area contributed by atoms with Crippen LogP contribution in [0, 0.1) is 6.92 Å². The zero-order valence-corrected chi connectivity index (χ0v) is 16.1. The van der Waals surface area contributed by atoms with E-state index in [-0.39, 0.29) is 35.1 Å². The van der Waals surface area contributed by atoms with Crippen molar-refractivity contribution in [2.45, 2.75) is 31.6 Å². The van der Waals surface area contributed by atoms with E-state index in [9.17, 15) is 29.3 Å². The van der Waals surface area contributed by atoms with Gasteiger partial charge >= 0.3 is 35.2 Å². The van der Waals surface area contributed by atoms with Crippen molar-refractivity contribution in [3.05, 3.63) is 32.6 Å². The predicted octanol–water partition coefficient (Wildman–Crippen LogP) is -5.40. The number of rotatable bonds is 5. The Morgan fingerprint density at radius 2 is 2.04 bits per heavy atom. The Hall–Kier alpha value is -0.330. The molecule has 2 heterocycles. The normalized spacial score (nSPS) is 29.0. The average Bonchev–Trinajstić information content (AvgIpc) is 2.77. The van der Waals surface area contributed by atoms with E-state index in [1.165, 1.54) is 6.92 Å². The molecule has 0 saturated carbocycles. The van der Waals surface area contributed by atoms with Gasteiger partial charge in [0.1, 0.15) is 18.6 Å². The minimum atomic E-state index is -4.25. The van der Waals surface area contributed by atoms with Crippen LogP contribution in [0.3, 0.4) is 0 Å². The molecule has 3 N–H and O–H groups in total. The molecule has 0 bridgehead atoms. The van der Waals surface area contributed by atoms with Gasteiger partial charge in [0.05, 0.1) is 0 Å². The van der Waals surface area contributed by atoms with Crippen molar-refractivity contribution in [3.63, 3.8) is 0 Å². The number of nitrogens with one attached hydrogen (secondary N) is 1. The van der Waals surface area contributed by atoms with Gasteiger partial charge in [-0.3, -0.25) is 14.3 Å². The molecule has 5 atom stereocenters. The second kappa shape index (κ2) is 8.37. The van der Waals surface area contributed by atoms with Crippen LogP contribution in [-0.4, -0.2) is 51.7 Å². The van der Waals surface area contributed by atoms with E-state index in [2.05, 4.69) is 4.52 Å². The number of nitrogens with zero attached hydrogens (tertiary/aromatic N) is 1. The molecule has 1 aliphatic rings. The molecule has 1 aromatic rings. The smallest absolute Gasteiger partial charge is 0.777 e. The summed E-state index contributed by atoms with van der Waals surface area (Å²) in [5.74, 6) is 0. The molecular formula is C11H16N2NaO9P. The molecule has 11 nitrogen and oxygen atoms in total. The third-order valence-electron chi connectivity index (χ3n) is 3.29. The Balaban J connectivity index is 0.00000288. The van der Waals surface area contributed by atoms with Gasteiger partial charge in [0.15, 0.2) is 20.1 Å². The first-order chi connectivity index (χ1) is 10.7. The largest absolute Gasteiger partial charge is 1.00 e. The van der Waals surface area contributed by atoms with E-state index in [0.29, 0.717) is 0 Å². The van der Waals surface area contributed by atoms with Crippen LogP contribution in [0.1, 0.15) is 11.8 Å². The van der Waals surface area contributed by atoms with Gasteiger partial charge in [0, 0.05) is 18.9 Å². The van der Waals surface area contributed by atoms with Crippen molar-refractivity contribution in [3.8, 4) is 0 Å². The van der Waals surface area contributed by atoms with E-state index in [1.807, 2.05) is 4.98 Å². The summed E-state index contributed by atoms with van der Waals surface area (Å²) in [4.78, 5) is 36.4. The van der Waals surface area contributed by atoms with Gasteiger partial charge in [-0.2, -0.15) is 0 Å². The van der Waals surface area contributed by atoms with Gasteiger partial charge < -0.3 is 33.7 Å². The average molecular weight is 374 g/mol. The standard InChI is InChI=1S/C11H17N2O9P.Na/c1-5-3-13(11(17)12-8(5)16)9-6(14)7(15)10(22-9)21-4-23(18,19)20-2;/h3,6-7,9-10,14-15H,4H2,1-2H3,(H,18,19)(H,12,16,17);/q;+1/p-1/t6-,7+,9-,10?;/m1./s1. The zero-order valence-electron chi connectivity index (χ0n) is 13.2. The van der Waals surface area contributed by atoms with Crippen molar-refractivity contribution >= 4 is 7.60 Å². The van der Waals surface area contributed by atoms with E-state index in [1.54, 1.807) is 0 Å². The Kier molecular flexibility index (Phi) is 7.57. The molecule has 0 aromatic carbocycles. The topological polar surface area (TPSA) is 163 Å². The first-order valence-corrected chi connectivity index (χ1v) is 8.20. The summed E-state index contributed by atoms with van der Waals surface area (Å²) in [5.41, 5.74) is -1.27. The van der Waals surface area contributed by atoms with E-state index < -0.39 is 49.9 Å². The minimum absolute atomic E-state index is 0. The maximum absolute atomic E-state index is 11.8. The molecular weight excluding hydrogens is 358 g/mol. The fourth-order valence-corrected chi connectivity index (χ4v) is 2.42. The van der Waals surface area contributed by atoms with Crippen molar-refractivity contribution in [1.29, 1.82) is 0 Å². The molecule has 2 unspecified atom stereocenters. The molecule has 2 rings (SSSR count). The molecule has 0 aliphatic carbocycles. The Bertz CT molecular complexity index is 735. The molecule has 24 heavy (non-hydrogen) atoms. The van der Waals surface area contributed by atoms with Crippen molar-refractivity contribution in [2.24, 2.45) is 0 Å². The van der Waals surface area contributed by atoms with E-state index in [4.69, 9.17) is 9.47 Å². The Morgan fingerprint density at radius 3 is 2.62 bits per heavy atom. The fourth-order valence-electron chi connectivity index (χ4n) is 1.99. The predicted molar refractivity (Wildman–Crippen MR) is 72.6 cm³/mol. The summed E-state index contributed by atoms with van der Waals surface area (Å²) in [6.07, 6.45) is -5.76. The van der Waals surface area contributed by atoms with Crippen LogP contribution in [0.25, 0.3) is 0 Å². The Labute approximate surface area is 158 Å². The van der Waals surface area contributed by atoms with Crippen molar-refractivity contribution in [1.82, 2.24) is 9.55 Å². The molecule has 13 heteroatoms.